The van der Waals surface area contributed by atoms with Gasteiger partial charge in [-0.1, -0.05) is 211 Å². The number of hydrogen-bond acceptors (Lipinski definition) is 6. The molecule has 0 rings (SSSR count). The number of carbonyl (C=O) groups is 3. The minimum absolute atomic E-state index is 0.0866. The quantitative estimate of drug-likeness (QED) is 0.0265. The maximum Gasteiger partial charge on any atom is 0.306 e. The predicted molar refractivity (Wildman–Crippen MR) is 242 cm³/mol. The first-order valence-corrected chi connectivity index (χ1v) is 24.1. The van der Waals surface area contributed by atoms with Crippen LogP contribution in [0.3, 0.4) is 0 Å². The van der Waals surface area contributed by atoms with E-state index in [4.69, 9.17) is 14.2 Å². The summed E-state index contributed by atoms with van der Waals surface area (Å²) in [6.07, 6.45) is 53.8. The normalized spacial score (nSPS) is 12.4. The van der Waals surface area contributed by atoms with Gasteiger partial charge >= 0.3 is 17.9 Å². The molecular weight excluding hydrogens is 709 g/mol. The summed E-state index contributed by atoms with van der Waals surface area (Å²) >= 11 is 0. The van der Waals surface area contributed by atoms with Crippen LogP contribution in [-0.4, -0.2) is 37.2 Å². The van der Waals surface area contributed by atoms with Gasteiger partial charge in [-0.3, -0.25) is 14.4 Å². The summed E-state index contributed by atoms with van der Waals surface area (Å²) in [5.74, 6) is -0.924. The standard InChI is InChI=1S/C51H90O6/c1-4-7-10-13-16-19-22-24-25-27-30-33-36-39-42-45-51(54)57-48(46-55-49(52)43-40-37-34-31-28-21-18-15-12-9-6-3)47-56-50(53)44-41-38-35-32-29-26-23-20-17-14-11-8-5-2/h7,10,16,19,24-25,30,33,48H,4-6,8-9,11-15,17-18,20-23,26-29,31-32,34-47H2,1-3H3/b10-7-,19-16-,25-24-,33-30-/t48-/m0/s1. The molecule has 0 aliphatic carbocycles. The van der Waals surface area contributed by atoms with Crippen LogP contribution in [0, 0.1) is 0 Å². The summed E-state index contributed by atoms with van der Waals surface area (Å²) < 4.78 is 16.7. The summed E-state index contributed by atoms with van der Waals surface area (Å²) in [5, 5.41) is 0. The third-order valence-corrected chi connectivity index (χ3v) is 10.3. The smallest absolute Gasteiger partial charge is 0.306 e. The summed E-state index contributed by atoms with van der Waals surface area (Å²) in [6.45, 7) is 6.48. The Hall–Kier alpha value is -2.63. The van der Waals surface area contributed by atoms with Gasteiger partial charge in [-0.15, -0.1) is 0 Å². The summed E-state index contributed by atoms with van der Waals surface area (Å²) in [4.78, 5) is 37.8. The van der Waals surface area contributed by atoms with Gasteiger partial charge in [0.05, 0.1) is 0 Å². The summed E-state index contributed by atoms with van der Waals surface area (Å²) in [7, 11) is 0. The monoisotopic (exact) mass is 799 g/mol. The molecular formula is C51H90O6. The van der Waals surface area contributed by atoms with E-state index in [1.807, 2.05) is 0 Å². The van der Waals surface area contributed by atoms with E-state index in [0.29, 0.717) is 19.3 Å². The number of unbranched alkanes of at least 4 members (excludes halogenated alkanes) is 24. The largest absolute Gasteiger partial charge is 0.462 e. The zero-order valence-electron chi connectivity index (χ0n) is 37.6. The van der Waals surface area contributed by atoms with Crippen molar-refractivity contribution in [3.63, 3.8) is 0 Å². The highest BCUT2D eigenvalue weighted by molar-refractivity contribution is 5.71. The van der Waals surface area contributed by atoms with Gasteiger partial charge in [-0.25, -0.2) is 0 Å². The lowest BCUT2D eigenvalue weighted by Gasteiger charge is -2.18. The molecule has 0 spiro atoms. The second-order valence-corrected chi connectivity index (χ2v) is 16.0. The van der Waals surface area contributed by atoms with Gasteiger partial charge in [0, 0.05) is 19.3 Å². The van der Waals surface area contributed by atoms with Gasteiger partial charge in [0.15, 0.2) is 6.10 Å². The zero-order chi connectivity index (χ0) is 41.5. The molecule has 0 aromatic carbocycles. The molecule has 0 saturated carbocycles. The fourth-order valence-electron chi connectivity index (χ4n) is 6.73. The molecule has 330 valence electrons. The molecule has 0 bridgehead atoms. The average Bonchev–Trinajstić information content (AvgIpc) is 3.21. The maximum absolute atomic E-state index is 12.7. The lowest BCUT2D eigenvalue weighted by Crippen LogP contribution is -2.30. The second kappa shape index (κ2) is 46.1. The molecule has 0 saturated heterocycles. The molecule has 6 nitrogen and oxygen atoms in total. The van der Waals surface area contributed by atoms with E-state index in [1.54, 1.807) is 0 Å². The highest BCUT2D eigenvalue weighted by atomic mass is 16.6. The number of hydrogen-bond donors (Lipinski definition) is 0. The third kappa shape index (κ3) is 44.3. The maximum atomic E-state index is 12.7. The van der Waals surface area contributed by atoms with Crippen molar-refractivity contribution < 1.29 is 28.6 Å². The van der Waals surface area contributed by atoms with Crippen LogP contribution in [0.25, 0.3) is 0 Å². The van der Waals surface area contributed by atoms with Crippen LogP contribution in [0.1, 0.15) is 239 Å². The van der Waals surface area contributed by atoms with Crippen LogP contribution in [0.4, 0.5) is 0 Å². The lowest BCUT2D eigenvalue weighted by atomic mass is 10.0. The first kappa shape index (κ1) is 54.4. The van der Waals surface area contributed by atoms with Crippen LogP contribution < -0.4 is 0 Å². The Morgan fingerprint density at radius 1 is 0.368 bits per heavy atom. The second-order valence-electron chi connectivity index (χ2n) is 16.0. The molecule has 0 unspecified atom stereocenters. The van der Waals surface area contributed by atoms with Crippen molar-refractivity contribution in [3.8, 4) is 0 Å². The van der Waals surface area contributed by atoms with Crippen molar-refractivity contribution in [2.24, 2.45) is 0 Å². The number of ether oxygens (including phenoxy) is 3. The first-order valence-electron chi connectivity index (χ1n) is 24.1. The van der Waals surface area contributed by atoms with Crippen molar-refractivity contribution in [2.45, 2.75) is 245 Å². The van der Waals surface area contributed by atoms with Crippen LogP contribution in [0.2, 0.25) is 0 Å². The van der Waals surface area contributed by atoms with E-state index in [0.717, 1.165) is 77.0 Å². The fourth-order valence-corrected chi connectivity index (χ4v) is 6.73. The van der Waals surface area contributed by atoms with Crippen LogP contribution in [0.5, 0.6) is 0 Å². The Morgan fingerprint density at radius 2 is 0.684 bits per heavy atom. The molecule has 0 amide bonds. The van der Waals surface area contributed by atoms with Gasteiger partial charge < -0.3 is 14.2 Å². The Kier molecular flexibility index (Phi) is 43.9. The van der Waals surface area contributed by atoms with Gasteiger partial charge in [-0.05, 0) is 57.8 Å². The van der Waals surface area contributed by atoms with Crippen molar-refractivity contribution in [1.29, 1.82) is 0 Å². The van der Waals surface area contributed by atoms with Gasteiger partial charge in [0.25, 0.3) is 0 Å². The molecule has 0 radical (unpaired) electrons. The molecule has 0 fully saturated rings. The van der Waals surface area contributed by atoms with Crippen molar-refractivity contribution in [1.82, 2.24) is 0 Å². The molecule has 6 heteroatoms. The van der Waals surface area contributed by atoms with Gasteiger partial charge in [0.1, 0.15) is 13.2 Å². The molecule has 0 aliphatic rings. The minimum atomic E-state index is -0.788. The fraction of sp³-hybridized carbons (Fsp3) is 0.784. The molecule has 57 heavy (non-hydrogen) atoms. The van der Waals surface area contributed by atoms with Gasteiger partial charge in [0.2, 0.25) is 0 Å². The number of esters is 3. The van der Waals surface area contributed by atoms with E-state index >= 15 is 0 Å². The Bertz CT molecular complexity index is 1010. The van der Waals surface area contributed by atoms with Crippen LogP contribution in [0.15, 0.2) is 48.6 Å². The first-order chi connectivity index (χ1) is 28.0. The SMILES string of the molecule is CC/C=C\C/C=C\C/C=C\C/C=C\CCCCC(=O)O[C@@H](COC(=O)CCCCCCCCCCCCC)COC(=O)CCCCCCCCCCCCCCC. The molecule has 0 N–H and O–H groups in total. The Balaban J connectivity index is 4.43. The van der Waals surface area contributed by atoms with E-state index < -0.39 is 6.10 Å². The molecule has 0 aliphatic heterocycles. The van der Waals surface area contributed by atoms with Crippen LogP contribution in [-0.2, 0) is 28.6 Å². The number of rotatable bonds is 43. The van der Waals surface area contributed by atoms with Crippen LogP contribution >= 0.6 is 0 Å². The van der Waals surface area contributed by atoms with E-state index in [2.05, 4.69) is 69.4 Å². The Morgan fingerprint density at radius 3 is 1.07 bits per heavy atom. The summed E-state index contributed by atoms with van der Waals surface area (Å²) in [6, 6.07) is 0. The third-order valence-electron chi connectivity index (χ3n) is 10.3. The lowest BCUT2D eigenvalue weighted by molar-refractivity contribution is -0.167. The number of carbonyl (C=O) groups excluding carboxylic acids is 3. The predicted octanol–water partition coefficient (Wildman–Crippen LogP) is 15.5. The molecule has 1 atom stereocenters. The van der Waals surface area contributed by atoms with E-state index in [-0.39, 0.29) is 37.5 Å². The number of allylic oxidation sites excluding steroid dienone is 8. The molecule has 0 aromatic heterocycles. The van der Waals surface area contributed by atoms with Crippen molar-refractivity contribution >= 4 is 17.9 Å². The average molecular weight is 799 g/mol. The Labute approximate surface area is 352 Å². The highest BCUT2D eigenvalue weighted by Gasteiger charge is 2.19. The zero-order valence-corrected chi connectivity index (χ0v) is 37.6. The van der Waals surface area contributed by atoms with E-state index in [9.17, 15) is 14.4 Å². The topological polar surface area (TPSA) is 78.9 Å². The van der Waals surface area contributed by atoms with E-state index in [1.165, 1.54) is 116 Å². The molecule has 0 aromatic rings. The highest BCUT2D eigenvalue weighted by Crippen LogP contribution is 2.15. The van der Waals surface area contributed by atoms with Gasteiger partial charge in [-0.2, -0.15) is 0 Å². The molecule has 0 heterocycles. The van der Waals surface area contributed by atoms with Crippen molar-refractivity contribution in [2.75, 3.05) is 13.2 Å². The van der Waals surface area contributed by atoms with Crippen molar-refractivity contribution in [3.05, 3.63) is 48.6 Å². The summed E-state index contributed by atoms with van der Waals surface area (Å²) in [5.41, 5.74) is 0. The minimum Gasteiger partial charge on any atom is -0.462 e.